The Morgan fingerprint density at radius 3 is 2.70 bits per heavy atom. The summed E-state index contributed by atoms with van der Waals surface area (Å²) in [6.07, 6.45) is 0. The van der Waals surface area contributed by atoms with E-state index in [1.165, 1.54) is 0 Å². The Morgan fingerprint density at radius 1 is 1.17 bits per heavy atom. The predicted octanol–water partition coefficient (Wildman–Crippen LogP) is 0.690. The molecule has 120 valence electrons. The maximum absolute atomic E-state index is 12.0. The van der Waals surface area contributed by atoms with Crippen LogP contribution in [0.15, 0.2) is 24.3 Å². The van der Waals surface area contributed by atoms with Gasteiger partial charge < -0.3 is 9.47 Å². The lowest BCUT2D eigenvalue weighted by Gasteiger charge is -2.09. The maximum atomic E-state index is 12.0. The Balaban J connectivity index is 1.56. The SMILES string of the molecule is Cc1cc(C)n(CC(=O)NNC(=O)c2ccc3c(c2)OCO3)n1. The van der Waals surface area contributed by atoms with Gasteiger partial charge in [-0.2, -0.15) is 5.10 Å². The number of hydrazine groups is 1. The number of hydrogen-bond acceptors (Lipinski definition) is 5. The first-order valence-corrected chi connectivity index (χ1v) is 7.03. The third-order valence-electron chi connectivity index (χ3n) is 3.35. The van der Waals surface area contributed by atoms with Crippen molar-refractivity contribution in [2.45, 2.75) is 20.4 Å². The number of carbonyl (C=O) groups is 2. The molecule has 0 saturated heterocycles. The molecule has 0 unspecified atom stereocenters. The van der Waals surface area contributed by atoms with Crippen LogP contribution in [-0.2, 0) is 11.3 Å². The molecule has 2 aromatic rings. The third kappa shape index (κ3) is 3.25. The van der Waals surface area contributed by atoms with E-state index in [1.54, 1.807) is 22.9 Å². The summed E-state index contributed by atoms with van der Waals surface area (Å²) in [5.74, 6) is 0.289. The minimum absolute atomic E-state index is 0.0289. The lowest BCUT2D eigenvalue weighted by atomic mass is 10.2. The number of fused-ring (bicyclic) bond motifs is 1. The first kappa shape index (κ1) is 14.9. The van der Waals surface area contributed by atoms with Crippen LogP contribution >= 0.6 is 0 Å². The molecule has 0 atom stereocenters. The summed E-state index contributed by atoms with van der Waals surface area (Å²) in [7, 11) is 0. The van der Waals surface area contributed by atoms with Gasteiger partial charge in [0.15, 0.2) is 11.5 Å². The number of aryl methyl sites for hydroxylation is 2. The smallest absolute Gasteiger partial charge is 0.269 e. The van der Waals surface area contributed by atoms with Crippen molar-refractivity contribution < 1.29 is 19.1 Å². The van der Waals surface area contributed by atoms with Crippen LogP contribution in [0, 0.1) is 13.8 Å². The maximum Gasteiger partial charge on any atom is 0.269 e. The highest BCUT2D eigenvalue weighted by Gasteiger charge is 2.16. The van der Waals surface area contributed by atoms with Crippen molar-refractivity contribution in [2.75, 3.05) is 6.79 Å². The molecule has 23 heavy (non-hydrogen) atoms. The van der Waals surface area contributed by atoms with Crippen molar-refractivity contribution in [1.82, 2.24) is 20.6 Å². The van der Waals surface area contributed by atoms with E-state index < -0.39 is 5.91 Å². The van der Waals surface area contributed by atoms with Crippen molar-refractivity contribution in [3.63, 3.8) is 0 Å². The van der Waals surface area contributed by atoms with E-state index in [2.05, 4.69) is 16.0 Å². The first-order valence-electron chi connectivity index (χ1n) is 7.03. The Kier molecular flexibility index (Phi) is 3.88. The Morgan fingerprint density at radius 2 is 1.96 bits per heavy atom. The van der Waals surface area contributed by atoms with Gasteiger partial charge in [0, 0.05) is 11.3 Å². The molecule has 0 spiro atoms. The van der Waals surface area contributed by atoms with Gasteiger partial charge in [-0.15, -0.1) is 0 Å². The van der Waals surface area contributed by atoms with Crippen molar-refractivity contribution in [3.8, 4) is 11.5 Å². The second-order valence-electron chi connectivity index (χ2n) is 5.16. The van der Waals surface area contributed by atoms with Crippen LogP contribution in [0.1, 0.15) is 21.7 Å². The molecule has 3 rings (SSSR count). The van der Waals surface area contributed by atoms with Crippen LogP contribution in [0.2, 0.25) is 0 Å². The van der Waals surface area contributed by atoms with Gasteiger partial charge in [-0.3, -0.25) is 25.1 Å². The lowest BCUT2D eigenvalue weighted by molar-refractivity contribution is -0.122. The second-order valence-corrected chi connectivity index (χ2v) is 5.16. The highest BCUT2D eigenvalue weighted by Crippen LogP contribution is 2.32. The number of amides is 2. The summed E-state index contributed by atoms with van der Waals surface area (Å²) in [6.45, 7) is 3.88. The zero-order valence-corrected chi connectivity index (χ0v) is 12.8. The predicted molar refractivity (Wildman–Crippen MR) is 79.9 cm³/mol. The van der Waals surface area contributed by atoms with Gasteiger partial charge >= 0.3 is 0 Å². The molecular weight excluding hydrogens is 300 g/mol. The molecule has 8 heteroatoms. The van der Waals surface area contributed by atoms with Gasteiger partial charge in [0.2, 0.25) is 6.79 Å². The molecule has 1 aromatic heterocycles. The molecule has 0 bridgehead atoms. The van der Waals surface area contributed by atoms with E-state index in [9.17, 15) is 9.59 Å². The summed E-state index contributed by atoms with van der Waals surface area (Å²) in [5, 5.41) is 4.19. The number of ether oxygens (including phenoxy) is 2. The van der Waals surface area contributed by atoms with Gasteiger partial charge in [-0.05, 0) is 38.1 Å². The molecule has 2 heterocycles. The van der Waals surface area contributed by atoms with E-state index in [-0.39, 0.29) is 19.2 Å². The fraction of sp³-hybridized carbons (Fsp3) is 0.267. The summed E-state index contributed by atoms with van der Waals surface area (Å²) in [5.41, 5.74) is 6.79. The standard InChI is InChI=1S/C15H16N4O4/c1-9-5-10(2)19(18-9)7-14(20)16-17-15(21)11-3-4-12-13(6-11)23-8-22-12/h3-6H,7-8H2,1-2H3,(H,16,20)(H,17,21). The van der Waals surface area contributed by atoms with E-state index in [1.807, 2.05) is 19.9 Å². The number of aromatic nitrogens is 2. The molecule has 1 aromatic carbocycles. The van der Waals surface area contributed by atoms with Gasteiger partial charge in [0.25, 0.3) is 11.8 Å². The van der Waals surface area contributed by atoms with E-state index in [4.69, 9.17) is 9.47 Å². The molecule has 0 saturated carbocycles. The molecule has 0 aliphatic carbocycles. The Labute approximate surface area is 132 Å². The van der Waals surface area contributed by atoms with Crippen LogP contribution in [0.5, 0.6) is 11.5 Å². The number of benzene rings is 1. The molecule has 2 N–H and O–H groups in total. The van der Waals surface area contributed by atoms with Crippen molar-refractivity contribution in [3.05, 3.63) is 41.2 Å². The minimum atomic E-state index is -0.440. The zero-order valence-electron chi connectivity index (χ0n) is 12.8. The summed E-state index contributed by atoms with van der Waals surface area (Å²) < 4.78 is 12.0. The fourth-order valence-electron chi connectivity index (χ4n) is 2.25. The number of carbonyl (C=O) groups excluding carboxylic acids is 2. The van der Waals surface area contributed by atoms with E-state index in [0.717, 1.165) is 11.4 Å². The van der Waals surface area contributed by atoms with Gasteiger partial charge in [0.1, 0.15) is 6.54 Å². The largest absolute Gasteiger partial charge is 0.454 e. The van der Waals surface area contributed by atoms with Crippen LogP contribution in [0.3, 0.4) is 0 Å². The molecule has 0 radical (unpaired) electrons. The summed E-state index contributed by atoms with van der Waals surface area (Å²) in [6, 6.07) is 6.67. The second kappa shape index (κ2) is 5.99. The normalized spacial score (nSPS) is 12.1. The lowest BCUT2D eigenvalue weighted by Crippen LogP contribution is -2.43. The fourth-order valence-corrected chi connectivity index (χ4v) is 2.25. The van der Waals surface area contributed by atoms with Crippen molar-refractivity contribution >= 4 is 11.8 Å². The van der Waals surface area contributed by atoms with E-state index in [0.29, 0.717) is 17.1 Å². The van der Waals surface area contributed by atoms with Crippen LogP contribution in [0.4, 0.5) is 0 Å². The van der Waals surface area contributed by atoms with Crippen LogP contribution < -0.4 is 20.3 Å². The third-order valence-corrected chi connectivity index (χ3v) is 3.35. The molecule has 8 nitrogen and oxygen atoms in total. The van der Waals surface area contributed by atoms with Crippen molar-refractivity contribution in [1.29, 1.82) is 0 Å². The van der Waals surface area contributed by atoms with Crippen LogP contribution in [0.25, 0.3) is 0 Å². The average molecular weight is 316 g/mol. The van der Waals surface area contributed by atoms with Gasteiger partial charge in [0.05, 0.1) is 5.69 Å². The zero-order chi connectivity index (χ0) is 16.4. The summed E-state index contributed by atoms with van der Waals surface area (Å²) >= 11 is 0. The average Bonchev–Trinajstić information content (AvgIpc) is 3.10. The van der Waals surface area contributed by atoms with Crippen molar-refractivity contribution in [2.24, 2.45) is 0 Å². The summed E-state index contributed by atoms with van der Waals surface area (Å²) in [4.78, 5) is 23.9. The topological polar surface area (TPSA) is 94.5 Å². The van der Waals surface area contributed by atoms with E-state index >= 15 is 0 Å². The number of hydrogen-bond donors (Lipinski definition) is 2. The minimum Gasteiger partial charge on any atom is -0.454 e. The Bertz CT molecular complexity index is 769. The molecule has 1 aliphatic rings. The molecule has 1 aliphatic heterocycles. The van der Waals surface area contributed by atoms with Gasteiger partial charge in [-0.1, -0.05) is 0 Å². The number of nitrogens with zero attached hydrogens (tertiary/aromatic N) is 2. The number of rotatable bonds is 3. The molecular formula is C15H16N4O4. The highest BCUT2D eigenvalue weighted by atomic mass is 16.7. The quantitative estimate of drug-likeness (QED) is 0.813. The molecule has 2 amide bonds. The van der Waals surface area contributed by atoms with Gasteiger partial charge in [-0.25, -0.2) is 0 Å². The highest BCUT2D eigenvalue weighted by molar-refractivity contribution is 5.96. The first-order chi connectivity index (χ1) is 11.0. The Hall–Kier alpha value is -3.03. The molecule has 0 fully saturated rings. The monoisotopic (exact) mass is 316 g/mol. The number of nitrogens with one attached hydrogen (secondary N) is 2. The van der Waals surface area contributed by atoms with Crippen LogP contribution in [-0.4, -0.2) is 28.4 Å².